The number of hydrogen-bond acceptors (Lipinski definition) is 6. The van der Waals surface area contributed by atoms with E-state index >= 15 is 0 Å². The van der Waals surface area contributed by atoms with E-state index < -0.39 is 44.9 Å². The maximum Gasteiger partial charge on any atom is 0.271 e. The number of hydrogen-bond donors (Lipinski definition) is 1. The van der Waals surface area contributed by atoms with Crippen LogP contribution >= 0.6 is 15.9 Å². The zero-order chi connectivity index (χ0) is 30.4. The number of non-ortho nitro benzene ring substituents is 1. The van der Waals surface area contributed by atoms with Crippen molar-refractivity contribution in [2.45, 2.75) is 45.3 Å². The van der Waals surface area contributed by atoms with E-state index in [0.29, 0.717) is 0 Å². The van der Waals surface area contributed by atoms with Crippen LogP contribution < -0.4 is 9.62 Å². The Morgan fingerprint density at radius 2 is 1.61 bits per heavy atom. The molecule has 0 bridgehead atoms. The van der Waals surface area contributed by atoms with Crippen LogP contribution in [0.15, 0.2) is 83.3 Å². The van der Waals surface area contributed by atoms with Crippen molar-refractivity contribution in [1.82, 2.24) is 10.2 Å². The van der Waals surface area contributed by atoms with Gasteiger partial charge in [0.25, 0.3) is 5.69 Å². The first-order valence-electron chi connectivity index (χ1n) is 12.8. The lowest BCUT2D eigenvalue weighted by molar-refractivity contribution is -0.384. The van der Waals surface area contributed by atoms with Gasteiger partial charge < -0.3 is 10.2 Å². The average molecular weight is 646 g/mol. The second kappa shape index (κ2) is 13.3. The minimum Gasteiger partial charge on any atom is -0.350 e. The second-order valence-electron chi connectivity index (χ2n) is 10.6. The lowest BCUT2D eigenvalue weighted by atomic mass is 10.0. The minimum absolute atomic E-state index is 0.0138. The molecule has 41 heavy (non-hydrogen) atoms. The van der Waals surface area contributed by atoms with Crippen molar-refractivity contribution in [2.24, 2.45) is 0 Å². The number of nitro benzene ring substituents is 1. The summed E-state index contributed by atoms with van der Waals surface area (Å²) in [6, 6.07) is 20.6. The number of anilines is 1. The number of carbonyl (C=O) groups is 2. The lowest BCUT2D eigenvalue weighted by Crippen LogP contribution is -2.56. The Hall–Kier alpha value is -3.77. The third kappa shape index (κ3) is 9.39. The summed E-state index contributed by atoms with van der Waals surface area (Å²) in [6.07, 6.45) is 1.10. The molecule has 0 aliphatic heterocycles. The van der Waals surface area contributed by atoms with Crippen LogP contribution in [0.1, 0.15) is 31.9 Å². The Kier molecular flexibility index (Phi) is 10.3. The Morgan fingerprint density at radius 1 is 0.976 bits per heavy atom. The Labute approximate surface area is 248 Å². The summed E-state index contributed by atoms with van der Waals surface area (Å²) in [4.78, 5) is 39.9. The molecule has 0 aromatic heterocycles. The number of benzene rings is 3. The maximum atomic E-state index is 14.1. The number of rotatable bonds is 11. The molecule has 3 rings (SSSR count). The summed E-state index contributed by atoms with van der Waals surface area (Å²) in [5.74, 6) is -1.04. The molecule has 0 saturated heterocycles. The predicted molar refractivity (Wildman–Crippen MR) is 162 cm³/mol. The zero-order valence-corrected chi connectivity index (χ0v) is 25.7. The first-order chi connectivity index (χ1) is 19.1. The van der Waals surface area contributed by atoms with E-state index in [4.69, 9.17) is 0 Å². The van der Waals surface area contributed by atoms with E-state index in [9.17, 15) is 28.1 Å². The number of carbonyl (C=O) groups excluding carboxylic acids is 2. The fourth-order valence-corrected chi connectivity index (χ4v) is 5.50. The average Bonchev–Trinajstić information content (AvgIpc) is 2.88. The number of amides is 2. The van der Waals surface area contributed by atoms with E-state index in [1.807, 2.05) is 63.2 Å². The SMILES string of the molecule is CC(C)(C)NC(=O)C(Cc1ccccc1)N(Cc1cccc(Br)c1)C(=O)CN(c1cccc([N+](=O)[O-])c1)S(C)(=O)=O. The van der Waals surface area contributed by atoms with Gasteiger partial charge in [0.1, 0.15) is 12.6 Å². The highest BCUT2D eigenvalue weighted by molar-refractivity contribution is 9.10. The van der Waals surface area contributed by atoms with Crippen molar-refractivity contribution in [3.8, 4) is 0 Å². The molecule has 0 spiro atoms. The molecule has 1 unspecified atom stereocenters. The number of nitrogens with zero attached hydrogens (tertiary/aromatic N) is 3. The van der Waals surface area contributed by atoms with Crippen LogP contribution in [0.25, 0.3) is 0 Å². The molecule has 218 valence electrons. The molecule has 3 aromatic rings. The van der Waals surface area contributed by atoms with Gasteiger partial charge in [-0.3, -0.25) is 24.0 Å². The summed E-state index contributed by atoms with van der Waals surface area (Å²) in [5.41, 5.74) is 0.582. The number of sulfonamides is 1. The van der Waals surface area contributed by atoms with Crippen LogP contribution in [0, 0.1) is 10.1 Å². The lowest BCUT2D eigenvalue weighted by Gasteiger charge is -2.35. The van der Waals surface area contributed by atoms with Gasteiger partial charge in [0.2, 0.25) is 21.8 Å². The predicted octanol–water partition coefficient (Wildman–Crippen LogP) is 4.68. The molecular weight excluding hydrogens is 612 g/mol. The van der Waals surface area contributed by atoms with Crippen LogP contribution in [0.2, 0.25) is 0 Å². The Morgan fingerprint density at radius 3 is 2.20 bits per heavy atom. The fourth-order valence-electron chi connectivity index (χ4n) is 4.21. The van der Waals surface area contributed by atoms with Gasteiger partial charge in [-0.25, -0.2) is 8.42 Å². The van der Waals surface area contributed by atoms with Crippen LogP contribution in [-0.4, -0.2) is 54.4 Å². The van der Waals surface area contributed by atoms with Crippen molar-refractivity contribution < 1.29 is 22.9 Å². The van der Waals surface area contributed by atoms with Crippen LogP contribution in [0.4, 0.5) is 11.4 Å². The van der Waals surface area contributed by atoms with Gasteiger partial charge in [0.15, 0.2) is 0 Å². The van der Waals surface area contributed by atoms with E-state index in [-0.39, 0.29) is 24.3 Å². The third-order valence-corrected chi connectivity index (χ3v) is 7.65. The van der Waals surface area contributed by atoms with Gasteiger partial charge in [0, 0.05) is 35.1 Å². The topological polar surface area (TPSA) is 130 Å². The molecule has 0 aliphatic rings. The standard InChI is InChI=1S/C29H33BrN4O6S/c1-29(2,3)31-28(36)26(17-21-10-6-5-7-11-21)32(19-22-12-8-13-23(30)16-22)27(35)20-33(41(4,39)40)24-14-9-15-25(18-24)34(37)38/h5-16,18,26H,17,19-20H2,1-4H3,(H,31,36). The molecule has 0 aliphatic carbocycles. The monoisotopic (exact) mass is 644 g/mol. The van der Waals surface area contributed by atoms with Crippen LogP contribution in [-0.2, 0) is 32.6 Å². The summed E-state index contributed by atoms with van der Waals surface area (Å²) >= 11 is 3.44. The number of halogens is 1. The van der Waals surface area contributed by atoms with Gasteiger partial charge in [-0.15, -0.1) is 0 Å². The van der Waals surface area contributed by atoms with Crippen molar-refractivity contribution in [3.63, 3.8) is 0 Å². The van der Waals surface area contributed by atoms with Crippen molar-refractivity contribution in [1.29, 1.82) is 0 Å². The molecule has 0 fully saturated rings. The zero-order valence-electron chi connectivity index (χ0n) is 23.3. The van der Waals surface area contributed by atoms with E-state index in [0.717, 1.165) is 32.2 Å². The van der Waals surface area contributed by atoms with Crippen LogP contribution in [0.5, 0.6) is 0 Å². The van der Waals surface area contributed by atoms with E-state index in [2.05, 4.69) is 21.2 Å². The molecule has 3 aromatic carbocycles. The summed E-state index contributed by atoms with van der Waals surface area (Å²) in [6.45, 7) is 4.85. The summed E-state index contributed by atoms with van der Waals surface area (Å²) in [7, 11) is -4.05. The molecule has 1 atom stereocenters. The minimum atomic E-state index is -4.05. The molecule has 0 saturated carbocycles. The van der Waals surface area contributed by atoms with Gasteiger partial charge in [-0.05, 0) is 50.1 Å². The van der Waals surface area contributed by atoms with E-state index in [1.165, 1.54) is 23.1 Å². The van der Waals surface area contributed by atoms with Crippen molar-refractivity contribution in [3.05, 3.63) is 105 Å². The Bertz CT molecular complexity index is 1510. The molecular formula is C29H33BrN4O6S. The van der Waals surface area contributed by atoms with E-state index in [1.54, 1.807) is 12.1 Å². The molecule has 1 N–H and O–H groups in total. The smallest absolute Gasteiger partial charge is 0.271 e. The fraction of sp³-hybridized carbons (Fsp3) is 0.310. The summed E-state index contributed by atoms with van der Waals surface area (Å²) < 4.78 is 27.3. The van der Waals surface area contributed by atoms with Gasteiger partial charge in [-0.2, -0.15) is 0 Å². The number of nitro groups is 1. The molecule has 10 nitrogen and oxygen atoms in total. The first kappa shape index (κ1) is 31.8. The highest BCUT2D eigenvalue weighted by Crippen LogP contribution is 2.25. The van der Waals surface area contributed by atoms with Crippen molar-refractivity contribution >= 4 is 49.1 Å². The summed E-state index contributed by atoms with van der Waals surface area (Å²) in [5, 5.41) is 14.3. The molecule has 12 heteroatoms. The van der Waals surface area contributed by atoms with Gasteiger partial charge in [0.05, 0.1) is 16.9 Å². The van der Waals surface area contributed by atoms with Crippen molar-refractivity contribution in [2.75, 3.05) is 17.1 Å². The second-order valence-corrected chi connectivity index (χ2v) is 13.5. The van der Waals surface area contributed by atoms with Gasteiger partial charge >= 0.3 is 0 Å². The molecule has 2 amide bonds. The largest absolute Gasteiger partial charge is 0.350 e. The normalized spacial score (nSPS) is 12.3. The maximum absolute atomic E-state index is 14.1. The molecule has 0 heterocycles. The van der Waals surface area contributed by atoms with Crippen LogP contribution in [0.3, 0.4) is 0 Å². The molecule has 0 radical (unpaired) electrons. The number of nitrogens with one attached hydrogen (secondary N) is 1. The quantitative estimate of drug-likeness (QED) is 0.238. The Balaban J connectivity index is 2.09. The first-order valence-corrected chi connectivity index (χ1v) is 15.4. The highest BCUT2D eigenvalue weighted by Gasteiger charge is 2.34. The highest BCUT2D eigenvalue weighted by atomic mass is 79.9. The third-order valence-electron chi connectivity index (χ3n) is 6.02. The van der Waals surface area contributed by atoms with Gasteiger partial charge in [-0.1, -0.05) is 64.5 Å².